The van der Waals surface area contributed by atoms with Crippen LogP contribution in [0.1, 0.15) is 31.9 Å². The number of nitrogens with zero attached hydrogens (tertiary/aromatic N) is 2. The minimum Gasteiger partial charge on any atom is -0.490 e. The molecule has 1 saturated heterocycles. The van der Waals surface area contributed by atoms with Crippen LogP contribution in [0, 0.1) is 5.92 Å². The number of ether oxygens (including phenoxy) is 2. The number of piperidine rings is 1. The van der Waals surface area contributed by atoms with E-state index >= 15 is 0 Å². The standard InChI is InChI=1S/C17H24ClN3O2/c1-4-22-15-9-11(8-13(18)17(15)23-5-2)16-12-10-21(3)7-6-14(12)19-20-16/h8-9,12,16,20H,4-7,10H2,1-3H3. The summed E-state index contributed by atoms with van der Waals surface area (Å²) >= 11 is 6.45. The third-order valence-corrected chi connectivity index (χ3v) is 4.70. The largest absolute Gasteiger partial charge is 0.490 e. The molecule has 126 valence electrons. The molecule has 2 heterocycles. The van der Waals surface area contributed by atoms with Gasteiger partial charge >= 0.3 is 0 Å². The van der Waals surface area contributed by atoms with Crippen molar-refractivity contribution in [3.63, 3.8) is 0 Å². The molecule has 5 nitrogen and oxygen atoms in total. The summed E-state index contributed by atoms with van der Waals surface area (Å²) in [6.45, 7) is 7.11. The Morgan fingerprint density at radius 1 is 1.30 bits per heavy atom. The molecule has 0 bridgehead atoms. The molecule has 1 aromatic carbocycles. The minimum atomic E-state index is 0.139. The molecule has 0 spiro atoms. The second-order valence-corrected chi connectivity index (χ2v) is 6.43. The van der Waals surface area contributed by atoms with Gasteiger partial charge in [0.2, 0.25) is 0 Å². The molecule has 0 radical (unpaired) electrons. The number of hydrazone groups is 1. The van der Waals surface area contributed by atoms with Gasteiger partial charge < -0.3 is 19.8 Å². The van der Waals surface area contributed by atoms with Crippen LogP contribution in [0.5, 0.6) is 11.5 Å². The first-order valence-corrected chi connectivity index (χ1v) is 8.61. The summed E-state index contributed by atoms with van der Waals surface area (Å²) < 4.78 is 11.4. The van der Waals surface area contributed by atoms with Gasteiger partial charge in [-0.15, -0.1) is 0 Å². The van der Waals surface area contributed by atoms with Crippen LogP contribution in [-0.2, 0) is 0 Å². The maximum absolute atomic E-state index is 6.45. The summed E-state index contributed by atoms with van der Waals surface area (Å²) in [7, 11) is 2.16. The summed E-state index contributed by atoms with van der Waals surface area (Å²) in [6.07, 6.45) is 1.02. The zero-order valence-corrected chi connectivity index (χ0v) is 14.7. The number of fused-ring (bicyclic) bond motifs is 1. The van der Waals surface area contributed by atoms with Crippen molar-refractivity contribution in [3.8, 4) is 11.5 Å². The fourth-order valence-corrected chi connectivity index (χ4v) is 3.60. The van der Waals surface area contributed by atoms with E-state index in [-0.39, 0.29) is 6.04 Å². The monoisotopic (exact) mass is 337 g/mol. The van der Waals surface area contributed by atoms with Crippen LogP contribution < -0.4 is 14.9 Å². The van der Waals surface area contributed by atoms with Gasteiger partial charge in [0.05, 0.1) is 24.3 Å². The van der Waals surface area contributed by atoms with E-state index in [1.807, 2.05) is 26.0 Å². The molecule has 2 aliphatic rings. The zero-order chi connectivity index (χ0) is 16.4. The van der Waals surface area contributed by atoms with Gasteiger partial charge in [0.15, 0.2) is 11.5 Å². The van der Waals surface area contributed by atoms with Crippen molar-refractivity contribution >= 4 is 17.3 Å². The van der Waals surface area contributed by atoms with E-state index in [0.29, 0.717) is 35.7 Å². The molecule has 1 aromatic rings. The Morgan fingerprint density at radius 3 is 2.83 bits per heavy atom. The Balaban J connectivity index is 1.91. The molecule has 1 N–H and O–H groups in total. The Morgan fingerprint density at radius 2 is 2.09 bits per heavy atom. The summed E-state index contributed by atoms with van der Waals surface area (Å²) in [5.41, 5.74) is 5.65. The number of hydrogen-bond donors (Lipinski definition) is 1. The Kier molecular flexibility index (Phi) is 4.97. The SMILES string of the molecule is CCOc1cc(C2NN=C3CCN(C)CC32)cc(Cl)c1OCC. The highest BCUT2D eigenvalue weighted by Crippen LogP contribution is 2.41. The molecule has 2 unspecified atom stereocenters. The molecule has 3 rings (SSSR count). The third kappa shape index (κ3) is 3.26. The Labute approximate surface area is 142 Å². The molecule has 0 aromatic heterocycles. The molecule has 6 heteroatoms. The van der Waals surface area contributed by atoms with Gasteiger partial charge in [-0.3, -0.25) is 0 Å². The van der Waals surface area contributed by atoms with E-state index in [4.69, 9.17) is 21.1 Å². The van der Waals surface area contributed by atoms with Gasteiger partial charge in [0.25, 0.3) is 0 Å². The van der Waals surface area contributed by atoms with Crippen molar-refractivity contribution in [1.82, 2.24) is 10.3 Å². The van der Waals surface area contributed by atoms with E-state index in [2.05, 4.69) is 22.5 Å². The summed E-state index contributed by atoms with van der Waals surface area (Å²) in [5, 5.41) is 5.13. The highest BCUT2D eigenvalue weighted by molar-refractivity contribution is 6.32. The molecule has 2 atom stereocenters. The first-order chi connectivity index (χ1) is 11.1. The molecule has 0 aliphatic carbocycles. The van der Waals surface area contributed by atoms with Crippen molar-refractivity contribution in [2.45, 2.75) is 26.3 Å². The number of halogens is 1. The predicted octanol–water partition coefficient (Wildman–Crippen LogP) is 3.09. The van der Waals surface area contributed by atoms with E-state index in [9.17, 15) is 0 Å². The van der Waals surface area contributed by atoms with Gasteiger partial charge in [-0.05, 0) is 38.6 Å². The highest BCUT2D eigenvalue weighted by atomic mass is 35.5. The van der Waals surface area contributed by atoms with Crippen molar-refractivity contribution < 1.29 is 9.47 Å². The van der Waals surface area contributed by atoms with Crippen LogP contribution in [0.3, 0.4) is 0 Å². The lowest BCUT2D eigenvalue weighted by atomic mass is 9.86. The second-order valence-electron chi connectivity index (χ2n) is 6.02. The fourth-order valence-electron chi connectivity index (χ4n) is 3.32. The van der Waals surface area contributed by atoms with Crippen LogP contribution in [0.15, 0.2) is 17.2 Å². The molecule has 0 saturated carbocycles. The average molecular weight is 338 g/mol. The Hall–Kier alpha value is -1.46. The van der Waals surface area contributed by atoms with Crippen molar-refractivity contribution in [2.75, 3.05) is 33.4 Å². The van der Waals surface area contributed by atoms with Gasteiger partial charge in [-0.1, -0.05) is 11.6 Å². The first kappa shape index (κ1) is 16.4. The quantitative estimate of drug-likeness (QED) is 0.897. The lowest BCUT2D eigenvalue weighted by Crippen LogP contribution is -2.39. The number of likely N-dealkylation sites (tertiary alicyclic amines) is 1. The molecule has 0 amide bonds. The summed E-state index contributed by atoms with van der Waals surface area (Å²) in [5.74, 6) is 1.72. The van der Waals surface area contributed by atoms with Crippen molar-refractivity contribution in [2.24, 2.45) is 11.0 Å². The predicted molar refractivity (Wildman–Crippen MR) is 92.7 cm³/mol. The van der Waals surface area contributed by atoms with E-state index < -0.39 is 0 Å². The maximum atomic E-state index is 6.45. The smallest absolute Gasteiger partial charge is 0.179 e. The number of hydrogen-bond acceptors (Lipinski definition) is 5. The minimum absolute atomic E-state index is 0.139. The highest BCUT2D eigenvalue weighted by Gasteiger charge is 2.36. The number of benzene rings is 1. The van der Waals surface area contributed by atoms with Gasteiger partial charge in [0, 0.05) is 31.1 Å². The first-order valence-electron chi connectivity index (χ1n) is 8.23. The van der Waals surface area contributed by atoms with Crippen molar-refractivity contribution in [1.29, 1.82) is 0 Å². The normalized spacial score (nSPS) is 23.9. The van der Waals surface area contributed by atoms with Gasteiger partial charge in [-0.2, -0.15) is 5.10 Å². The van der Waals surface area contributed by atoms with Gasteiger partial charge in [-0.25, -0.2) is 0 Å². The topological polar surface area (TPSA) is 46.1 Å². The molecule has 23 heavy (non-hydrogen) atoms. The second kappa shape index (κ2) is 6.97. The summed E-state index contributed by atoms with van der Waals surface area (Å²) in [6, 6.07) is 4.14. The molecule has 2 aliphatic heterocycles. The van der Waals surface area contributed by atoms with E-state index in [0.717, 1.165) is 25.1 Å². The lowest BCUT2D eigenvalue weighted by Gasteiger charge is -2.31. The van der Waals surface area contributed by atoms with E-state index in [1.54, 1.807) is 0 Å². The zero-order valence-electron chi connectivity index (χ0n) is 13.9. The Bertz CT molecular complexity index is 606. The van der Waals surface area contributed by atoms with Crippen LogP contribution >= 0.6 is 11.6 Å². The van der Waals surface area contributed by atoms with Gasteiger partial charge in [0.1, 0.15) is 0 Å². The van der Waals surface area contributed by atoms with Crippen LogP contribution in [0.2, 0.25) is 5.02 Å². The maximum Gasteiger partial charge on any atom is 0.179 e. The third-order valence-electron chi connectivity index (χ3n) is 4.42. The van der Waals surface area contributed by atoms with Crippen LogP contribution in [-0.4, -0.2) is 44.0 Å². The lowest BCUT2D eigenvalue weighted by molar-refractivity contribution is 0.270. The van der Waals surface area contributed by atoms with Crippen LogP contribution in [0.4, 0.5) is 0 Å². The van der Waals surface area contributed by atoms with Crippen molar-refractivity contribution in [3.05, 3.63) is 22.7 Å². The molecule has 1 fully saturated rings. The molecular weight excluding hydrogens is 314 g/mol. The molecular formula is C17H24ClN3O2. The fraction of sp³-hybridized carbons (Fsp3) is 0.588. The number of nitrogens with one attached hydrogen (secondary N) is 1. The number of rotatable bonds is 5. The van der Waals surface area contributed by atoms with Crippen LogP contribution in [0.25, 0.3) is 0 Å². The summed E-state index contributed by atoms with van der Waals surface area (Å²) in [4.78, 5) is 2.35. The average Bonchev–Trinajstić information content (AvgIpc) is 2.93. The van der Waals surface area contributed by atoms with E-state index in [1.165, 1.54) is 5.71 Å².